The van der Waals surface area contributed by atoms with Crippen LogP contribution < -0.4 is 5.73 Å². The number of amides is 1. The third kappa shape index (κ3) is 5.20. The van der Waals surface area contributed by atoms with Gasteiger partial charge in [0.2, 0.25) is 5.91 Å². The van der Waals surface area contributed by atoms with Gasteiger partial charge in [-0.3, -0.25) is 9.69 Å². The Morgan fingerprint density at radius 2 is 2.00 bits per heavy atom. The summed E-state index contributed by atoms with van der Waals surface area (Å²) in [5, 5.41) is 9.45. The molecule has 1 saturated heterocycles. The van der Waals surface area contributed by atoms with Crippen LogP contribution in [0.4, 0.5) is 0 Å². The van der Waals surface area contributed by atoms with Crippen molar-refractivity contribution >= 4 is 18.3 Å². The standard InChI is InChI=1S/C14H29N3O2.ClH/c1-5-10(2)13(15)14(19)17-7-6-16(9-12(4)18)11(3)8-17;/h10-13,18H,5-9,15H2,1-4H3;1H. The second-order valence-corrected chi connectivity index (χ2v) is 5.89. The van der Waals surface area contributed by atoms with Crippen molar-refractivity contribution in [1.29, 1.82) is 0 Å². The summed E-state index contributed by atoms with van der Waals surface area (Å²) in [4.78, 5) is 16.4. The number of β-amino-alcohol motifs (C(OH)–C–C–N with tert-alkyl or cyclic N) is 1. The molecule has 0 bridgehead atoms. The first-order valence-corrected chi connectivity index (χ1v) is 7.33. The van der Waals surface area contributed by atoms with Crippen LogP contribution in [0.25, 0.3) is 0 Å². The van der Waals surface area contributed by atoms with E-state index in [4.69, 9.17) is 5.73 Å². The van der Waals surface area contributed by atoms with Crippen LogP contribution in [-0.4, -0.2) is 65.2 Å². The monoisotopic (exact) mass is 307 g/mol. The molecule has 0 aromatic heterocycles. The normalized spacial score (nSPS) is 24.7. The molecule has 0 aromatic carbocycles. The van der Waals surface area contributed by atoms with Crippen LogP contribution in [0.2, 0.25) is 0 Å². The molecule has 1 aliphatic rings. The highest BCUT2D eigenvalue weighted by Crippen LogP contribution is 2.14. The van der Waals surface area contributed by atoms with Crippen molar-refractivity contribution in [1.82, 2.24) is 9.80 Å². The zero-order chi connectivity index (χ0) is 14.6. The largest absolute Gasteiger partial charge is 0.392 e. The maximum absolute atomic E-state index is 12.3. The number of halogens is 1. The van der Waals surface area contributed by atoms with Crippen molar-refractivity contribution in [3.63, 3.8) is 0 Å². The minimum absolute atomic E-state index is 0. The lowest BCUT2D eigenvalue weighted by Gasteiger charge is -2.41. The lowest BCUT2D eigenvalue weighted by molar-refractivity contribution is -0.136. The molecule has 1 rings (SSSR count). The second kappa shape index (κ2) is 8.82. The van der Waals surface area contributed by atoms with Crippen LogP contribution in [-0.2, 0) is 4.79 Å². The third-order valence-corrected chi connectivity index (χ3v) is 4.12. The van der Waals surface area contributed by atoms with Crippen molar-refractivity contribution in [2.75, 3.05) is 26.2 Å². The first-order valence-electron chi connectivity index (χ1n) is 7.33. The Morgan fingerprint density at radius 3 is 2.45 bits per heavy atom. The third-order valence-electron chi connectivity index (χ3n) is 4.12. The molecular formula is C14H30ClN3O2. The minimum atomic E-state index is -0.388. The number of nitrogens with two attached hydrogens (primary N) is 1. The van der Waals surface area contributed by atoms with Crippen molar-refractivity contribution in [2.45, 2.75) is 52.3 Å². The quantitative estimate of drug-likeness (QED) is 0.784. The van der Waals surface area contributed by atoms with E-state index >= 15 is 0 Å². The Hall–Kier alpha value is -0.360. The molecule has 0 radical (unpaired) electrons. The Kier molecular flexibility index (Phi) is 8.66. The van der Waals surface area contributed by atoms with E-state index in [2.05, 4.69) is 18.7 Å². The summed E-state index contributed by atoms with van der Waals surface area (Å²) in [6.07, 6.45) is 0.594. The van der Waals surface area contributed by atoms with E-state index in [1.807, 2.05) is 11.8 Å². The Labute approximate surface area is 128 Å². The number of carbonyl (C=O) groups excluding carboxylic acids is 1. The van der Waals surface area contributed by atoms with Crippen molar-refractivity contribution in [3.8, 4) is 0 Å². The molecule has 0 aliphatic carbocycles. The first kappa shape index (κ1) is 19.6. The van der Waals surface area contributed by atoms with Gasteiger partial charge in [0.15, 0.2) is 0 Å². The van der Waals surface area contributed by atoms with Gasteiger partial charge in [-0.2, -0.15) is 0 Å². The van der Waals surface area contributed by atoms with E-state index in [0.29, 0.717) is 19.6 Å². The maximum atomic E-state index is 12.3. The number of aliphatic hydroxyl groups excluding tert-OH is 1. The molecule has 6 heteroatoms. The van der Waals surface area contributed by atoms with Gasteiger partial charge in [0, 0.05) is 32.2 Å². The zero-order valence-corrected chi connectivity index (χ0v) is 13.9. The number of hydrogen-bond donors (Lipinski definition) is 2. The van der Waals surface area contributed by atoms with Gasteiger partial charge in [0.1, 0.15) is 0 Å². The van der Waals surface area contributed by atoms with E-state index in [0.717, 1.165) is 13.0 Å². The molecule has 4 atom stereocenters. The first-order chi connectivity index (χ1) is 8.86. The van der Waals surface area contributed by atoms with Gasteiger partial charge < -0.3 is 15.7 Å². The molecular weight excluding hydrogens is 278 g/mol. The summed E-state index contributed by atoms with van der Waals surface area (Å²) < 4.78 is 0. The van der Waals surface area contributed by atoms with E-state index in [-0.39, 0.29) is 42.4 Å². The number of nitrogens with zero attached hydrogens (tertiary/aromatic N) is 2. The Bertz CT molecular complexity index is 302. The van der Waals surface area contributed by atoms with E-state index < -0.39 is 0 Å². The van der Waals surface area contributed by atoms with E-state index in [9.17, 15) is 9.90 Å². The van der Waals surface area contributed by atoms with Crippen LogP contribution in [0.1, 0.15) is 34.1 Å². The van der Waals surface area contributed by atoms with Gasteiger partial charge in [-0.15, -0.1) is 12.4 Å². The molecule has 20 heavy (non-hydrogen) atoms. The molecule has 4 unspecified atom stereocenters. The Balaban J connectivity index is 0.00000361. The highest BCUT2D eigenvalue weighted by atomic mass is 35.5. The molecule has 1 heterocycles. The SMILES string of the molecule is CCC(C)C(N)C(=O)N1CCN(CC(C)O)C(C)C1.Cl. The summed E-state index contributed by atoms with van der Waals surface area (Å²) in [5.41, 5.74) is 6.02. The van der Waals surface area contributed by atoms with Crippen LogP contribution in [0, 0.1) is 5.92 Å². The lowest BCUT2D eigenvalue weighted by atomic mass is 9.98. The number of carbonyl (C=O) groups is 1. The topological polar surface area (TPSA) is 69.8 Å². The molecule has 1 fully saturated rings. The number of aliphatic hydroxyl groups is 1. The highest BCUT2D eigenvalue weighted by molar-refractivity contribution is 5.85. The maximum Gasteiger partial charge on any atom is 0.239 e. The second-order valence-electron chi connectivity index (χ2n) is 5.89. The van der Waals surface area contributed by atoms with E-state index in [1.54, 1.807) is 6.92 Å². The van der Waals surface area contributed by atoms with Crippen molar-refractivity contribution < 1.29 is 9.90 Å². The van der Waals surface area contributed by atoms with Gasteiger partial charge >= 0.3 is 0 Å². The summed E-state index contributed by atoms with van der Waals surface area (Å²) in [7, 11) is 0. The van der Waals surface area contributed by atoms with Crippen molar-refractivity contribution in [2.24, 2.45) is 11.7 Å². The summed E-state index contributed by atoms with van der Waals surface area (Å²) >= 11 is 0. The fraction of sp³-hybridized carbons (Fsp3) is 0.929. The van der Waals surface area contributed by atoms with Gasteiger partial charge in [-0.05, 0) is 19.8 Å². The molecule has 120 valence electrons. The molecule has 0 saturated carbocycles. The van der Waals surface area contributed by atoms with Crippen molar-refractivity contribution in [3.05, 3.63) is 0 Å². The molecule has 0 aromatic rings. The average Bonchev–Trinajstić information content (AvgIpc) is 2.38. The molecule has 1 aliphatic heterocycles. The molecule has 5 nitrogen and oxygen atoms in total. The predicted octanol–water partition coefficient (Wildman–Crippen LogP) is 0.695. The van der Waals surface area contributed by atoms with Crippen LogP contribution in [0.5, 0.6) is 0 Å². The van der Waals surface area contributed by atoms with Gasteiger partial charge in [-0.25, -0.2) is 0 Å². The van der Waals surface area contributed by atoms with Crippen LogP contribution in [0.3, 0.4) is 0 Å². The summed E-state index contributed by atoms with van der Waals surface area (Å²) in [6, 6.07) is -0.114. The fourth-order valence-corrected chi connectivity index (χ4v) is 2.51. The molecule has 0 spiro atoms. The molecule has 3 N–H and O–H groups in total. The van der Waals surface area contributed by atoms with Gasteiger partial charge in [0.05, 0.1) is 12.1 Å². The average molecular weight is 308 g/mol. The minimum Gasteiger partial charge on any atom is -0.392 e. The summed E-state index contributed by atoms with van der Waals surface area (Å²) in [5.74, 6) is 0.288. The predicted molar refractivity (Wildman–Crippen MR) is 84.0 cm³/mol. The van der Waals surface area contributed by atoms with Gasteiger partial charge in [0.25, 0.3) is 0 Å². The Morgan fingerprint density at radius 1 is 1.40 bits per heavy atom. The van der Waals surface area contributed by atoms with E-state index in [1.165, 1.54) is 0 Å². The number of hydrogen-bond acceptors (Lipinski definition) is 4. The smallest absolute Gasteiger partial charge is 0.239 e. The lowest BCUT2D eigenvalue weighted by Crippen LogP contribution is -2.58. The number of rotatable bonds is 5. The van der Waals surface area contributed by atoms with Gasteiger partial charge in [-0.1, -0.05) is 20.3 Å². The van der Waals surface area contributed by atoms with Crippen LogP contribution >= 0.6 is 12.4 Å². The fourth-order valence-electron chi connectivity index (χ4n) is 2.51. The van der Waals surface area contributed by atoms with Crippen LogP contribution in [0.15, 0.2) is 0 Å². The molecule has 1 amide bonds. The summed E-state index contributed by atoms with van der Waals surface area (Å²) in [6.45, 7) is 10.9. The zero-order valence-electron chi connectivity index (χ0n) is 13.1. The highest BCUT2D eigenvalue weighted by Gasteiger charge is 2.31. The number of piperazine rings is 1.